The maximum absolute atomic E-state index is 11.9. The van der Waals surface area contributed by atoms with Gasteiger partial charge in [-0.05, 0) is 13.8 Å². The van der Waals surface area contributed by atoms with Crippen LogP contribution in [0, 0.1) is 10.8 Å². The molecule has 25 heavy (non-hydrogen) atoms. The highest BCUT2D eigenvalue weighted by atomic mass is 32.2. The highest BCUT2D eigenvalue weighted by Gasteiger charge is 2.23. The van der Waals surface area contributed by atoms with Gasteiger partial charge in [0.1, 0.15) is 0 Å². The lowest BCUT2D eigenvalue weighted by molar-refractivity contribution is -0.118. The largest absolute Gasteiger partial charge is 0.321 e. The van der Waals surface area contributed by atoms with E-state index in [9.17, 15) is 9.59 Å². The molecule has 0 atom stereocenters. The van der Waals surface area contributed by atoms with E-state index in [1.165, 1.54) is 23.5 Å². The van der Waals surface area contributed by atoms with Gasteiger partial charge in [-0.25, -0.2) is 5.09 Å². The first kappa shape index (κ1) is 25.4. The Bertz CT molecular complexity index is 386. The van der Waals surface area contributed by atoms with E-state index in [1.54, 1.807) is 0 Å². The Morgan fingerprint density at radius 3 is 1.52 bits per heavy atom. The first-order valence-corrected chi connectivity index (χ1v) is 11.7. The minimum absolute atomic E-state index is 0.162. The van der Waals surface area contributed by atoms with Gasteiger partial charge in [0.15, 0.2) is 10.2 Å². The number of thioether (sulfide) groups is 2. The molecule has 5 nitrogen and oxygen atoms in total. The Hall–Kier alpha value is 0.350. The van der Waals surface area contributed by atoms with Gasteiger partial charge in [-0.1, -0.05) is 65.1 Å². The van der Waals surface area contributed by atoms with Crippen LogP contribution in [-0.4, -0.2) is 41.0 Å². The van der Waals surface area contributed by atoms with E-state index in [-0.39, 0.29) is 27.1 Å². The van der Waals surface area contributed by atoms with Crippen molar-refractivity contribution in [2.45, 2.75) is 61.4 Å². The van der Waals surface area contributed by atoms with Crippen molar-refractivity contribution in [3.05, 3.63) is 0 Å². The summed E-state index contributed by atoms with van der Waals surface area (Å²) in [7, 11) is -1.22. The lowest BCUT2D eigenvalue weighted by Crippen LogP contribution is -2.21. The van der Waals surface area contributed by atoms with E-state index in [0.29, 0.717) is 24.7 Å². The van der Waals surface area contributed by atoms with Crippen molar-refractivity contribution < 1.29 is 18.6 Å². The summed E-state index contributed by atoms with van der Waals surface area (Å²) in [5, 5.41) is 3.57. The topological polar surface area (TPSA) is 64.6 Å². The Morgan fingerprint density at radius 1 is 0.880 bits per heavy atom. The molecule has 0 heterocycles. The van der Waals surface area contributed by atoms with Gasteiger partial charge in [-0.2, -0.15) is 0 Å². The molecule has 0 aliphatic heterocycles. The van der Waals surface area contributed by atoms with Gasteiger partial charge in [0, 0.05) is 28.4 Å². The molecule has 0 spiro atoms. The van der Waals surface area contributed by atoms with Crippen LogP contribution in [-0.2, 0) is 18.6 Å². The molecule has 0 radical (unpaired) electrons. The van der Waals surface area contributed by atoms with E-state index in [1.807, 2.05) is 55.4 Å². The van der Waals surface area contributed by atoms with Crippen LogP contribution in [0.3, 0.4) is 0 Å². The molecule has 1 N–H and O–H groups in total. The van der Waals surface area contributed by atoms with Crippen LogP contribution in [0.5, 0.6) is 0 Å². The molecular formula is C17H34NO4PS2. The van der Waals surface area contributed by atoms with Crippen molar-refractivity contribution >= 4 is 42.3 Å². The molecule has 0 bridgehead atoms. The molecule has 8 heteroatoms. The van der Waals surface area contributed by atoms with Crippen molar-refractivity contribution in [2.24, 2.45) is 10.8 Å². The molecule has 148 valence electrons. The second-order valence-corrected chi connectivity index (χ2v) is 11.4. The third-order valence-electron chi connectivity index (χ3n) is 2.64. The normalized spacial score (nSPS) is 12.9. The van der Waals surface area contributed by atoms with Crippen molar-refractivity contribution in [3.8, 4) is 0 Å². The Balaban J connectivity index is 4.13. The third kappa shape index (κ3) is 13.2. The zero-order valence-corrected chi connectivity index (χ0v) is 19.3. The minimum Gasteiger partial charge on any atom is -0.321 e. The molecule has 0 aromatic carbocycles. The maximum atomic E-state index is 11.9. The first-order chi connectivity index (χ1) is 11.3. The van der Waals surface area contributed by atoms with Crippen LogP contribution in [0.25, 0.3) is 0 Å². The summed E-state index contributed by atoms with van der Waals surface area (Å²) in [4.78, 5) is 23.7. The summed E-state index contributed by atoms with van der Waals surface area (Å²) in [6.45, 7) is 16.4. The fourth-order valence-corrected chi connectivity index (χ4v) is 4.24. The number of rotatable bonds is 10. The quantitative estimate of drug-likeness (QED) is 0.407. The molecule has 0 saturated carbocycles. The van der Waals surface area contributed by atoms with E-state index in [4.69, 9.17) is 9.05 Å². The molecular weight excluding hydrogens is 377 g/mol. The Kier molecular flexibility index (Phi) is 12.1. The molecule has 0 aromatic rings. The predicted octanol–water partition coefficient (Wildman–Crippen LogP) is 4.86. The smallest absolute Gasteiger partial charge is 0.256 e. The summed E-state index contributed by atoms with van der Waals surface area (Å²) in [6.07, 6.45) is 0. The van der Waals surface area contributed by atoms with E-state index in [2.05, 4.69) is 5.09 Å². The molecule has 0 aliphatic carbocycles. The zero-order chi connectivity index (χ0) is 19.7. The van der Waals surface area contributed by atoms with Crippen LogP contribution in [0.2, 0.25) is 0 Å². The SMILES string of the molecule is CC(C)NP(OCCSC(=O)C(C)(C)C)OCCSC(=O)C(C)(C)C. The van der Waals surface area contributed by atoms with Gasteiger partial charge in [0.05, 0.1) is 13.2 Å². The van der Waals surface area contributed by atoms with Gasteiger partial charge in [-0.3, -0.25) is 9.59 Å². The first-order valence-electron chi connectivity index (χ1n) is 8.50. The maximum Gasteiger partial charge on any atom is 0.256 e. The van der Waals surface area contributed by atoms with Crippen LogP contribution >= 0.6 is 32.0 Å². The van der Waals surface area contributed by atoms with Crippen molar-refractivity contribution in [3.63, 3.8) is 0 Å². The fourth-order valence-electron chi connectivity index (χ4n) is 1.26. The monoisotopic (exact) mass is 411 g/mol. The zero-order valence-electron chi connectivity index (χ0n) is 16.8. The summed E-state index contributed by atoms with van der Waals surface area (Å²) < 4.78 is 11.5. The lowest BCUT2D eigenvalue weighted by atomic mass is 9.99. The van der Waals surface area contributed by atoms with Crippen LogP contribution in [0.4, 0.5) is 0 Å². The highest BCUT2D eigenvalue weighted by molar-refractivity contribution is 8.14. The van der Waals surface area contributed by atoms with Crippen LogP contribution in [0.15, 0.2) is 0 Å². The van der Waals surface area contributed by atoms with Crippen LogP contribution < -0.4 is 5.09 Å². The second kappa shape index (κ2) is 11.9. The molecule has 0 amide bonds. The number of carbonyl (C=O) groups excluding carboxylic acids is 2. The standard InChI is InChI=1S/C17H34NO4PS2/c1-13(2)18-23(21-9-11-24-14(19)16(3,4)5)22-10-12-25-15(20)17(6,7)8/h13,18H,9-12H2,1-8H3. The fraction of sp³-hybridized carbons (Fsp3) is 0.882. The van der Waals surface area contributed by atoms with E-state index in [0.717, 1.165) is 0 Å². The molecule has 0 rings (SSSR count). The number of hydrogen-bond donors (Lipinski definition) is 1. The van der Waals surface area contributed by atoms with Crippen LogP contribution in [0.1, 0.15) is 55.4 Å². The van der Waals surface area contributed by atoms with Gasteiger partial charge >= 0.3 is 0 Å². The van der Waals surface area contributed by atoms with E-state index < -0.39 is 8.53 Å². The molecule has 0 unspecified atom stereocenters. The summed E-state index contributed by atoms with van der Waals surface area (Å²) >= 11 is 2.59. The second-order valence-electron chi connectivity index (χ2n) is 7.98. The Labute approximate surface area is 163 Å². The highest BCUT2D eigenvalue weighted by Crippen LogP contribution is 2.35. The summed E-state index contributed by atoms with van der Waals surface area (Å²) in [5.41, 5.74) is -0.669. The Morgan fingerprint density at radius 2 is 1.24 bits per heavy atom. The lowest BCUT2D eigenvalue weighted by Gasteiger charge is -2.21. The number of carbonyl (C=O) groups is 2. The van der Waals surface area contributed by atoms with E-state index >= 15 is 0 Å². The average molecular weight is 412 g/mol. The van der Waals surface area contributed by atoms with Crippen molar-refractivity contribution in [1.82, 2.24) is 5.09 Å². The predicted molar refractivity (Wildman–Crippen MR) is 111 cm³/mol. The summed E-state index contributed by atoms with van der Waals surface area (Å²) in [6, 6.07) is 0.235. The van der Waals surface area contributed by atoms with Crippen molar-refractivity contribution in [2.75, 3.05) is 24.7 Å². The van der Waals surface area contributed by atoms with Gasteiger partial charge in [0.2, 0.25) is 0 Å². The van der Waals surface area contributed by atoms with Gasteiger partial charge in [0.25, 0.3) is 8.53 Å². The average Bonchev–Trinajstić information content (AvgIpc) is 2.44. The minimum atomic E-state index is -1.22. The van der Waals surface area contributed by atoms with Crippen molar-refractivity contribution in [1.29, 1.82) is 0 Å². The number of nitrogens with one attached hydrogen (secondary N) is 1. The van der Waals surface area contributed by atoms with Gasteiger partial charge < -0.3 is 9.05 Å². The molecule has 0 aliphatic rings. The number of hydrogen-bond acceptors (Lipinski definition) is 7. The third-order valence-corrected chi connectivity index (χ3v) is 6.69. The van der Waals surface area contributed by atoms with Gasteiger partial charge in [-0.15, -0.1) is 0 Å². The molecule has 0 fully saturated rings. The molecule has 0 saturated heterocycles. The summed E-state index contributed by atoms with van der Waals surface area (Å²) in [5.74, 6) is 1.21. The molecule has 0 aromatic heterocycles.